The normalized spacial score (nSPS) is 25.2. The molecule has 0 spiro atoms. The lowest BCUT2D eigenvalue weighted by Crippen LogP contribution is -2.37. The Morgan fingerprint density at radius 1 is 1.30 bits per heavy atom. The van der Waals surface area contributed by atoms with Gasteiger partial charge < -0.3 is 10.6 Å². The van der Waals surface area contributed by atoms with Crippen molar-refractivity contribution in [2.24, 2.45) is 11.3 Å². The highest BCUT2D eigenvalue weighted by Crippen LogP contribution is 2.42. The zero-order valence-corrected chi connectivity index (χ0v) is 13.3. The molecule has 2 rings (SSSR count). The summed E-state index contributed by atoms with van der Waals surface area (Å²) in [4.78, 5) is 12.0. The van der Waals surface area contributed by atoms with Gasteiger partial charge in [-0.05, 0) is 56.4 Å². The van der Waals surface area contributed by atoms with E-state index in [9.17, 15) is 4.79 Å². The fourth-order valence-electron chi connectivity index (χ4n) is 4.13. The Balaban J connectivity index is 1.70. The van der Waals surface area contributed by atoms with Gasteiger partial charge in [0.2, 0.25) is 5.91 Å². The van der Waals surface area contributed by atoms with Crippen LogP contribution >= 0.6 is 0 Å². The molecule has 2 fully saturated rings. The van der Waals surface area contributed by atoms with Crippen LogP contribution in [0.5, 0.6) is 0 Å². The topological polar surface area (TPSA) is 41.1 Å². The van der Waals surface area contributed by atoms with Gasteiger partial charge in [0, 0.05) is 19.0 Å². The Bertz CT molecular complexity index is 302. The third-order valence-electron chi connectivity index (χ3n) is 5.05. The van der Waals surface area contributed by atoms with Gasteiger partial charge in [0.15, 0.2) is 0 Å². The predicted octanol–water partition coefficient (Wildman–Crippen LogP) is 3.24. The van der Waals surface area contributed by atoms with E-state index in [-0.39, 0.29) is 5.91 Å². The van der Waals surface area contributed by atoms with Gasteiger partial charge in [0.1, 0.15) is 0 Å². The maximum atomic E-state index is 12.0. The van der Waals surface area contributed by atoms with Gasteiger partial charge in [-0.2, -0.15) is 0 Å². The largest absolute Gasteiger partial charge is 0.356 e. The molecule has 1 heterocycles. The molecule has 1 unspecified atom stereocenters. The molecular formula is C17H32N2O. The number of amides is 1. The second kappa shape index (κ2) is 7.44. The van der Waals surface area contributed by atoms with E-state index in [2.05, 4.69) is 24.5 Å². The average molecular weight is 280 g/mol. The summed E-state index contributed by atoms with van der Waals surface area (Å²) in [6.45, 7) is 6.63. The molecule has 2 N–H and O–H groups in total. The number of hydrogen-bond acceptors (Lipinski definition) is 2. The Morgan fingerprint density at radius 3 is 2.65 bits per heavy atom. The first-order valence-electron chi connectivity index (χ1n) is 8.60. The van der Waals surface area contributed by atoms with Crippen LogP contribution in [0.3, 0.4) is 0 Å². The molecule has 1 aliphatic heterocycles. The van der Waals surface area contributed by atoms with E-state index >= 15 is 0 Å². The summed E-state index contributed by atoms with van der Waals surface area (Å²) < 4.78 is 0. The molecular weight excluding hydrogens is 248 g/mol. The highest BCUT2D eigenvalue weighted by Gasteiger charge is 2.34. The Labute approximate surface area is 124 Å². The summed E-state index contributed by atoms with van der Waals surface area (Å²) >= 11 is 0. The van der Waals surface area contributed by atoms with Gasteiger partial charge in [-0.3, -0.25) is 4.79 Å². The number of carbonyl (C=O) groups is 1. The van der Waals surface area contributed by atoms with Crippen molar-refractivity contribution in [3.63, 3.8) is 0 Å². The van der Waals surface area contributed by atoms with E-state index in [1.165, 1.54) is 44.9 Å². The summed E-state index contributed by atoms with van der Waals surface area (Å²) in [5.41, 5.74) is 0.398. The highest BCUT2D eigenvalue weighted by atomic mass is 16.1. The lowest BCUT2D eigenvalue weighted by molar-refractivity contribution is -0.121. The lowest BCUT2D eigenvalue weighted by atomic mass is 9.78. The molecule has 0 aromatic heterocycles. The molecule has 0 aromatic carbocycles. The van der Waals surface area contributed by atoms with Crippen LogP contribution in [0.15, 0.2) is 0 Å². The minimum Gasteiger partial charge on any atom is -0.356 e. The second-order valence-corrected chi connectivity index (χ2v) is 7.41. The van der Waals surface area contributed by atoms with Gasteiger partial charge in [0.05, 0.1) is 0 Å². The number of carbonyl (C=O) groups excluding carboxylic acids is 1. The van der Waals surface area contributed by atoms with Crippen molar-refractivity contribution in [1.29, 1.82) is 0 Å². The van der Waals surface area contributed by atoms with Crippen molar-refractivity contribution < 1.29 is 4.79 Å². The lowest BCUT2D eigenvalue weighted by Gasteiger charge is -2.31. The molecule has 1 saturated heterocycles. The first kappa shape index (κ1) is 15.8. The summed E-state index contributed by atoms with van der Waals surface area (Å²) in [7, 11) is 0. The fourth-order valence-corrected chi connectivity index (χ4v) is 4.13. The minimum absolute atomic E-state index is 0.258. The first-order valence-corrected chi connectivity index (χ1v) is 8.60. The molecule has 1 saturated carbocycles. The van der Waals surface area contributed by atoms with E-state index in [4.69, 9.17) is 0 Å². The molecule has 3 nitrogen and oxygen atoms in total. The van der Waals surface area contributed by atoms with Crippen molar-refractivity contribution in [2.45, 2.75) is 77.7 Å². The van der Waals surface area contributed by atoms with Crippen LogP contribution in [0, 0.1) is 11.3 Å². The summed E-state index contributed by atoms with van der Waals surface area (Å²) in [5, 5.41) is 6.69. The van der Waals surface area contributed by atoms with Crippen LogP contribution in [0.1, 0.15) is 71.6 Å². The zero-order chi connectivity index (χ0) is 14.4. The van der Waals surface area contributed by atoms with Crippen LogP contribution in [0.2, 0.25) is 0 Å². The van der Waals surface area contributed by atoms with Gasteiger partial charge >= 0.3 is 0 Å². The van der Waals surface area contributed by atoms with Crippen molar-refractivity contribution in [2.75, 3.05) is 13.1 Å². The molecule has 2 aliphatic rings. The maximum absolute atomic E-state index is 12.0. The van der Waals surface area contributed by atoms with Gasteiger partial charge in [-0.15, -0.1) is 0 Å². The third kappa shape index (κ3) is 4.76. The van der Waals surface area contributed by atoms with Crippen molar-refractivity contribution in [1.82, 2.24) is 10.6 Å². The smallest absolute Gasteiger partial charge is 0.220 e. The number of nitrogens with one attached hydrogen (secondary N) is 2. The molecule has 1 aliphatic carbocycles. The molecule has 3 heteroatoms. The summed E-state index contributed by atoms with van der Waals surface area (Å²) in [5.74, 6) is 0.987. The zero-order valence-electron chi connectivity index (χ0n) is 13.3. The quantitative estimate of drug-likeness (QED) is 0.751. The Morgan fingerprint density at radius 2 is 2.05 bits per heavy atom. The van der Waals surface area contributed by atoms with Gasteiger partial charge in [-0.1, -0.05) is 26.7 Å². The Hall–Kier alpha value is -0.570. The van der Waals surface area contributed by atoms with Crippen molar-refractivity contribution >= 4 is 5.91 Å². The van der Waals surface area contributed by atoms with Crippen LogP contribution in [-0.2, 0) is 4.79 Å². The van der Waals surface area contributed by atoms with E-state index in [1.807, 2.05) is 0 Å². The molecule has 0 radical (unpaired) electrons. The van der Waals surface area contributed by atoms with Crippen LogP contribution in [0.4, 0.5) is 0 Å². The maximum Gasteiger partial charge on any atom is 0.220 e. The number of rotatable bonds is 7. The van der Waals surface area contributed by atoms with Crippen LogP contribution in [0.25, 0.3) is 0 Å². The molecule has 116 valence electrons. The molecule has 0 bridgehead atoms. The molecule has 20 heavy (non-hydrogen) atoms. The second-order valence-electron chi connectivity index (χ2n) is 7.41. The molecule has 1 atom stereocenters. The molecule has 1 amide bonds. The standard InChI is InChI=1S/C17H32N2O/c1-14(2)12-17(9-3-4-10-17)13-19-16(20)8-7-15-6-5-11-18-15/h14-15,18H,3-13H2,1-2H3,(H,19,20). The van der Waals surface area contributed by atoms with Crippen LogP contribution < -0.4 is 10.6 Å². The number of hydrogen-bond donors (Lipinski definition) is 2. The predicted molar refractivity (Wildman–Crippen MR) is 83.6 cm³/mol. The van der Waals surface area contributed by atoms with E-state index < -0.39 is 0 Å². The average Bonchev–Trinajstić information content (AvgIpc) is 3.05. The summed E-state index contributed by atoms with van der Waals surface area (Å²) in [6.07, 6.45) is 10.7. The minimum atomic E-state index is 0.258. The van der Waals surface area contributed by atoms with E-state index in [0.717, 1.165) is 25.4 Å². The Kier molecular flexibility index (Phi) is 5.88. The monoisotopic (exact) mass is 280 g/mol. The van der Waals surface area contributed by atoms with Crippen molar-refractivity contribution in [3.05, 3.63) is 0 Å². The summed E-state index contributed by atoms with van der Waals surface area (Å²) in [6, 6.07) is 0.580. The third-order valence-corrected chi connectivity index (χ3v) is 5.05. The van der Waals surface area contributed by atoms with Crippen LogP contribution in [-0.4, -0.2) is 25.0 Å². The highest BCUT2D eigenvalue weighted by molar-refractivity contribution is 5.75. The van der Waals surface area contributed by atoms with Gasteiger partial charge in [0.25, 0.3) is 0 Å². The van der Waals surface area contributed by atoms with E-state index in [0.29, 0.717) is 17.9 Å². The van der Waals surface area contributed by atoms with Crippen molar-refractivity contribution in [3.8, 4) is 0 Å². The van der Waals surface area contributed by atoms with Gasteiger partial charge in [-0.25, -0.2) is 0 Å². The SMILES string of the molecule is CC(C)CC1(CNC(=O)CCC2CCCN2)CCCC1. The fraction of sp³-hybridized carbons (Fsp3) is 0.941. The van der Waals surface area contributed by atoms with E-state index in [1.54, 1.807) is 0 Å². The molecule has 0 aromatic rings. The first-order chi connectivity index (χ1) is 9.60.